The Morgan fingerprint density at radius 3 is 3.08 bits per heavy atom. The highest BCUT2D eigenvalue weighted by atomic mass is 16.7. The zero-order valence-electron chi connectivity index (χ0n) is 7.75. The highest BCUT2D eigenvalue weighted by molar-refractivity contribution is 5.77. The molecule has 1 aliphatic heterocycles. The van der Waals surface area contributed by atoms with Gasteiger partial charge in [0.1, 0.15) is 0 Å². The molecule has 1 fully saturated rings. The van der Waals surface area contributed by atoms with Gasteiger partial charge in [0.15, 0.2) is 0 Å². The summed E-state index contributed by atoms with van der Waals surface area (Å²) in [6, 6.07) is 0. The third-order valence-electron chi connectivity index (χ3n) is 1.86. The molecule has 1 saturated heterocycles. The van der Waals surface area contributed by atoms with Crippen LogP contribution in [-0.4, -0.2) is 39.4 Å². The topological polar surface area (TPSA) is 56.8 Å². The quantitative estimate of drug-likeness (QED) is 0.477. The summed E-state index contributed by atoms with van der Waals surface area (Å²) in [5.74, 6) is -0.156. The molecule has 1 aliphatic rings. The Hall–Kier alpha value is -0.650. The maximum absolute atomic E-state index is 11.3. The van der Waals surface area contributed by atoms with Gasteiger partial charge in [0.25, 0.3) is 0 Å². The van der Waals surface area contributed by atoms with Crippen LogP contribution in [0.4, 0.5) is 0 Å². The number of rotatable bonds is 5. The SMILES string of the molecule is COCCONC(=O)C1CCOC1. The molecule has 1 N–H and O–H groups in total. The van der Waals surface area contributed by atoms with Gasteiger partial charge in [-0.2, -0.15) is 0 Å². The van der Waals surface area contributed by atoms with Crippen LogP contribution in [0.3, 0.4) is 0 Å². The fourth-order valence-corrected chi connectivity index (χ4v) is 1.07. The number of hydroxylamine groups is 1. The van der Waals surface area contributed by atoms with Crippen LogP contribution in [0.15, 0.2) is 0 Å². The smallest absolute Gasteiger partial charge is 0.249 e. The molecule has 0 spiro atoms. The highest BCUT2D eigenvalue weighted by Crippen LogP contribution is 2.11. The molecule has 0 aromatic carbocycles. The molecule has 0 bridgehead atoms. The lowest BCUT2D eigenvalue weighted by Gasteiger charge is -2.08. The zero-order chi connectivity index (χ0) is 9.52. The van der Waals surface area contributed by atoms with Gasteiger partial charge in [-0.1, -0.05) is 0 Å². The molecule has 13 heavy (non-hydrogen) atoms. The first-order valence-electron chi connectivity index (χ1n) is 4.33. The molecule has 1 unspecified atom stereocenters. The second kappa shape index (κ2) is 5.90. The number of ether oxygens (including phenoxy) is 2. The number of nitrogens with one attached hydrogen (secondary N) is 1. The number of hydrogen-bond donors (Lipinski definition) is 1. The Balaban J connectivity index is 2.03. The van der Waals surface area contributed by atoms with E-state index < -0.39 is 0 Å². The first-order valence-corrected chi connectivity index (χ1v) is 4.33. The fourth-order valence-electron chi connectivity index (χ4n) is 1.07. The van der Waals surface area contributed by atoms with Crippen LogP contribution in [0.1, 0.15) is 6.42 Å². The average Bonchev–Trinajstić information content (AvgIpc) is 2.65. The fraction of sp³-hybridized carbons (Fsp3) is 0.875. The van der Waals surface area contributed by atoms with Gasteiger partial charge in [-0.15, -0.1) is 0 Å². The molecule has 1 rings (SSSR count). The Kier molecular flexibility index (Phi) is 4.74. The van der Waals surface area contributed by atoms with Crippen molar-refractivity contribution in [1.29, 1.82) is 0 Å². The van der Waals surface area contributed by atoms with Crippen molar-refractivity contribution >= 4 is 5.91 Å². The van der Waals surface area contributed by atoms with Gasteiger partial charge in [0.05, 0.1) is 25.7 Å². The Morgan fingerprint density at radius 1 is 1.62 bits per heavy atom. The molecule has 1 amide bonds. The van der Waals surface area contributed by atoms with Crippen molar-refractivity contribution in [3.8, 4) is 0 Å². The van der Waals surface area contributed by atoms with E-state index in [0.29, 0.717) is 26.4 Å². The molecule has 0 radical (unpaired) electrons. The van der Waals surface area contributed by atoms with Crippen LogP contribution in [0, 0.1) is 5.92 Å². The largest absolute Gasteiger partial charge is 0.382 e. The lowest BCUT2D eigenvalue weighted by Crippen LogP contribution is -2.31. The van der Waals surface area contributed by atoms with Crippen LogP contribution in [0.25, 0.3) is 0 Å². The molecule has 5 nitrogen and oxygen atoms in total. The minimum atomic E-state index is -0.103. The number of carbonyl (C=O) groups is 1. The molecular weight excluding hydrogens is 174 g/mol. The molecule has 1 heterocycles. The molecule has 5 heteroatoms. The van der Waals surface area contributed by atoms with Crippen LogP contribution in [-0.2, 0) is 19.1 Å². The summed E-state index contributed by atoms with van der Waals surface area (Å²) in [7, 11) is 1.58. The third kappa shape index (κ3) is 3.71. The maximum atomic E-state index is 11.3. The molecule has 0 aromatic rings. The van der Waals surface area contributed by atoms with Gasteiger partial charge in [-0.3, -0.25) is 9.63 Å². The lowest BCUT2D eigenvalue weighted by molar-refractivity contribution is -0.138. The van der Waals surface area contributed by atoms with Crippen LogP contribution >= 0.6 is 0 Å². The summed E-state index contributed by atoms with van der Waals surface area (Å²) >= 11 is 0. The number of amides is 1. The second-order valence-corrected chi connectivity index (χ2v) is 2.87. The van der Waals surface area contributed by atoms with E-state index in [0.717, 1.165) is 6.42 Å². The van der Waals surface area contributed by atoms with Gasteiger partial charge in [-0.05, 0) is 6.42 Å². The summed E-state index contributed by atoms with van der Waals surface area (Å²) in [5.41, 5.74) is 2.36. The van der Waals surface area contributed by atoms with E-state index in [4.69, 9.17) is 14.3 Å². The van der Waals surface area contributed by atoms with Crippen molar-refractivity contribution in [3.05, 3.63) is 0 Å². The average molecular weight is 189 g/mol. The minimum Gasteiger partial charge on any atom is -0.382 e. The van der Waals surface area contributed by atoms with E-state index in [-0.39, 0.29) is 11.8 Å². The molecule has 0 aromatic heterocycles. The number of methoxy groups -OCH3 is 1. The van der Waals surface area contributed by atoms with Gasteiger partial charge >= 0.3 is 0 Å². The summed E-state index contributed by atoms with van der Waals surface area (Å²) in [4.78, 5) is 16.1. The van der Waals surface area contributed by atoms with Crippen molar-refractivity contribution in [1.82, 2.24) is 5.48 Å². The predicted molar refractivity (Wildman–Crippen MR) is 44.9 cm³/mol. The zero-order valence-corrected chi connectivity index (χ0v) is 7.75. The maximum Gasteiger partial charge on any atom is 0.249 e. The highest BCUT2D eigenvalue weighted by Gasteiger charge is 2.23. The van der Waals surface area contributed by atoms with Gasteiger partial charge < -0.3 is 9.47 Å². The Morgan fingerprint density at radius 2 is 2.46 bits per heavy atom. The van der Waals surface area contributed by atoms with Crippen molar-refractivity contribution in [2.75, 3.05) is 33.5 Å². The summed E-state index contributed by atoms with van der Waals surface area (Å²) in [6.07, 6.45) is 0.777. The molecule has 1 atom stereocenters. The summed E-state index contributed by atoms with van der Waals surface area (Å²) in [6.45, 7) is 2.01. The van der Waals surface area contributed by atoms with Gasteiger partial charge in [-0.25, -0.2) is 5.48 Å². The van der Waals surface area contributed by atoms with Crippen molar-refractivity contribution < 1.29 is 19.1 Å². The van der Waals surface area contributed by atoms with Crippen LogP contribution in [0.2, 0.25) is 0 Å². The monoisotopic (exact) mass is 189 g/mol. The van der Waals surface area contributed by atoms with Crippen LogP contribution < -0.4 is 5.48 Å². The molecule has 0 aliphatic carbocycles. The number of carbonyl (C=O) groups excluding carboxylic acids is 1. The van der Waals surface area contributed by atoms with E-state index in [1.54, 1.807) is 7.11 Å². The third-order valence-corrected chi connectivity index (χ3v) is 1.86. The van der Waals surface area contributed by atoms with Crippen LogP contribution in [0.5, 0.6) is 0 Å². The first-order chi connectivity index (χ1) is 6.34. The molecule has 76 valence electrons. The van der Waals surface area contributed by atoms with Crippen molar-refractivity contribution in [2.45, 2.75) is 6.42 Å². The summed E-state index contributed by atoms with van der Waals surface area (Å²) in [5, 5.41) is 0. The van der Waals surface area contributed by atoms with Crippen molar-refractivity contribution in [2.24, 2.45) is 5.92 Å². The molecule has 0 saturated carbocycles. The Labute approximate surface area is 77.3 Å². The second-order valence-electron chi connectivity index (χ2n) is 2.87. The normalized spacial score (nSPS) is 21.8. The van der Waals surface area contributed by atoms with E-state index in [2.05, 4.69) is 5.48 Å². The van der Waals surface area contributed by atoms with E-state index in [9.17, 15) is 4.79 Å². The predicted octanol–water partition coefficient (Wildman–Crippen LogP) is -0.283. The summed E-state index contributed by atoms with van der Waals surface area (Å²) < 4.78 is 9.81. The Bertz CT molecular complexity index is 156. The van der Waals surface area contributed by atoms with E-state index in [1.165, 1.54) is 0 Å². The van der Waals surface area contributed by atoms with E-state index >= 15 is 0 Å². The standard InChI is InChI=1S/C8H15NO4/c1-11-4-5-13-9-8(10)7-2-3-12-6-7/h7H,2-6H2,1H3,(H,9,10). The number of hydrogen-bond acceptors (Lipinski definition) is 4. The van der Waals surface area contributed by atoms with Gasteiger partial charge in [0.2, 0.25) is 5.91 Å². The van der Waals surface area contributed by atoms with Crippen molar-refractivity contribution in [3.63, 3.8) is 0 Å². The van der Waals surface area contributed by atoms with E-state index in [1.807, 2.05) is 0 Å². The van der Waals surface area contributed by atoms with Gasteiger partial charge in [0, 0.05) is 13.7 Å². The molecular formula is C8H15NO4. The lowest BCUT2D eigenvalue weighted by atomic mass is 10.1. The first kappa shape index (κ1) is 10.4. The minimum absolute atomic E-state index is 0.0532.